The fourth-order valence-corrected chi connectivity index (χ4v) is 5.52. The van der Waals surface area contributed by atoms with Crippen molar-refractivity contribution in [3.05, 3.63) is 22.6 Å². The van der Waals surface area contributed by atoms with Crippen molar-refractivity contribution in [1.82, 2.24) is 9.78 Å². The smallest absolute Gasteiger partial charge is 0.170 e. The zero-order valence-corrected chi connectivity index (χ0v) is 19.2. The van der Waals surface area contributed by atoms with Crippen molar-refractivity contribution >= 4 is 22.4 Å². The molecular formula is C23H34N2O4S. The average molecular weight is 435 g/mol. The first-order valence-electron chi connectivity index (χ1n) is 11.2. The van der Waals surface area contributed by atoms with Crippen LogP contribution in [-0.4, -0.2) is 36.9 Å². The Balaban J connectivity index is 1.76. The molecule has 7 heteroatoms. The summed E-state index contributed by atoms with van der Waals surface area (Å²) in [6.45, 7) is 4.76. The third-order valence-corrected chi connectivity index (χ3v) is 7.15. The molecule has 1 unspecified atom stereocenters. The molecule has 0 spiro atoms. The summed E-state index contributed by atoms with van der Waals surface area (Å²) in [6, 6.07) is 0. The quantitative estimate of drug-likeness (QED) is 0.253. The third kappa shape index (κ3) is 5.10. The van der Waals surface area contributed by atoms with Crippen LogP contribution in [0.2, 0.25) is 0 Å². The van der Waals surface area contributed by atoms with Gasteiger partial charge in [0.15, 0.2) is 11.6 Å². The molecule has 1 aromatic heterocycles. The number of aryl methyl sites for hydroxylation is 2. The summed E-state index contributed by atoms with van der Waals surface area (Å²) >= 11 is 0. The molecule has 1 N–H and O–H groups in total. The van der Waals surface area contributed by atoms with Crippen molar-refractivity contribution in [2.45, 2.75) is 95.5 Å². The minimum Gasteiger partial charge on any atom is -0.511 e. The number of hydrogen-bond acceptors (Lipinski definition) is 5. The van der Waals surface area contributed by atoms with Gasteiger partial charge < -0.3 is 5.11 Å². The molecule has 166 valence electrons. The Hall–Kier alpha value is -1.76. The number of hydrogen-bond donors (Lipinski definition) is 1. The Morgan fingerprint density at radius 1 is 1.10 bits per heavy atom. The zero-order valence-electron chi connectivity index (χ0n) is 18.4. The molecule has 1 aromatic rings. The number of allylic oxidation sites excluding steroid dienone is 2. The normalized spacial score (nSPS) is 20.6. The molecule has 1 atom stereocenters. The van der Waals surface area contributed by atoms with Gasteiger partial charge in [-0.3, -0.25) is 18.5 Å². The van der Waals surface area contributed by atoms with Crippen LogP contribution in [0.25, 0.3) is 0 Å². The van der Waals surface area contributed by atoms with Gasteiger partial charge in [-0.2, -0.15) is 5.10 Å². The van der Waals surface area contributed by atoms with Crippen LogP contribution in [0.5, 0.6) is 0 Å². The summed E-state index contributed by atoms with van der Waals surface area (Å²) in [7, 11) is -1.26. The van der Waals surface area contributed by atoms with Gasteiger partial charge in [0.05, 0.1) is 22.1 Å². The fourth-order valence-electron chi connectivity index (χ4n) is 4.47. The number of aliphatic hydroxyl groups is 1. The van der Waals surface area contributed by atoms with Crippen molar-refractivity contribution in [2.75, 3.05) is 6.26 Å². The summed E-state index contributed by atoms with van der Waals surface area (Å²) in [4.78, 5) is 25.4. The Morgan fingerprint density at radius 3 is 2.27 bits per heavy atom. The molecule has 6 nitrogen and oxygen atoms in total. The van der Waals surface area contributed by atoms with E-state index in [-0.39, 0.29) is 47.6 Å². The maximum absolute atomic E-state index is 12.7. The van der Waals surface area contributed by atoms with Gasteiger partial charge in [-0.25, -0.2) is 0 Å². The second-order valence-electron chi connectivity index (χ2n) is 8.74. The van der Waals surface area contributed by atoms with Gasteiger partial charge in [-0.1, -0.05) is 39.0 Å². The largest absolute Gasteiger partial charge is 0.511 e. The maximum atomic E-state index is 12.7. The van der Waals surface area contributed by atoms with E-state index in [0.717, 1.165) is 36.9 Å². The van der Waals surface area contributed by atoms with Crippen molar-refractivity contribution in [2.24, 2.45) is 5.92 Å². The molecule has 2 aliphatic rings. The number of nitrogens with zero attached hydrogens (tertiary/aromatic N) is 2. The Bertz CT molecular complexity index is 847. The van der Waals surface area contributed by atoms with E-state index in [2.05, 4.69) is 12.0 Å². The summed E-state index contributed by atoms with van der Waals surface area (Å²) in [5.74, 6) is -0.950. The molecule has 0 aromatic carbocycles. The lowest BCUT2D eigenvalue weighted by Gasteiger charge is -2.23. The van der Waals surface area contributed by atoms with Crippen LogP contribution < -0.4 is 0 Å². The maximum Gasteiger partial charge on any atom is 0.170 e. The van der Waals surface area contributed by atoms with E-state index in [1.54, 1.807) is 6.26 Å². The third-order valence-electron chi connectivity index (χ3n) is 6.17. The second kappa shape index (κ2) is 10.0. The van der Waals surface area contributed by atoms with Crippen LogP contribution in [0.1, 0.15) is 88.3 Å². The molecule has 2 aliphatic carbocycles. The van der Waals surface area contributed by atoms with E-state index < -0.39 is 10.8 Å². The van der Waals surface area contributed by atoms with Gasteiger partial charge in [0.25, 0.3) is 0 Å². The number of aromatic nitrogens is 2. The Labute approximate surface area is 181 Å². The number of Topliss-reactive ketones (excluding diaryl/α,β-unsaturated/α-hetero) is 2. The molecule has 30 heavy (non-hydrogen) atoms. The molecular weight excluding hydrogens is 400 g/mol. The van der Waals surface area contributed by atoms with Crippen molar-refractivity contribution in [1.29, 1.82) is 0 Å². The molecule has 0 bridgehead atoms. The van der Waals surface area contributed by atoms with Gasteiger partial charge >= 0.3 is 0 Å². The first-order chi connectivity index (χ1) is 14.3. The van der Waals surface area contributed by atoms with Gasteiger partial charge in [-0.15, -0.1) is 0 Å². The first kappa shape index (κ1) is 22.9. The number of ketones is 2. The van der Waals surface area contributed by atoms with E-state index in [4.69, 9.17) is 0 Å². The highest BCUT2D eigenvalue weighted by Crippen LogP contribution is 2.41. The van der Waals surface area contributed by atoms with Gasteiger partial charge in [0.2, 0.25) is 0 Å². The van der Waals surface area contributed by atoms with E-state index in [0.29, 0.717) is 11.6 Å². The lowest BCUT2D eigenvalue weighted by Crippen LogP contribution is -2.27. The predicted molar refractivity (Wildman–Crippen MR) is 117 cm³/mol. The summed E-state index contributed by atoms with van der Waals surface area (Å²) < 4.78 is 14.4. The summed E-state index contributed by atoms with van der Waals surface area (Å²) in [5.41, 5.74) is 1.54. The molecule has 2 saturated carbocycles. The number of carbonyl (C=O) groups is 2. The van der Waals surface area contributed by atoms with Gasteiger partial charge in [0, 0.05) is 43.0 Å². The number of unbranched alkanes of at least 4 members (excludes halogenated alkanes) is 5. The van der Waals surface area contributed by atoms with Crippen molar-refractivity contribution in [3.8, 4) is 0 Å². The van der Waals surface area contributed by atoms with Crippen LogP contribution in [0.15, 0.2) is 16.4 Å². The predicted octanol–water partition coefficient (Wildman–Crippen LogP) is 4.53. The van der Waals surface area contributed by atoms with E-state index in [1.165, 1.54) is 25.7 Å². The lowest BCUT2D eigenvalue weighted by molar-refractivity contribution is -0.124. The molecule has 2 fully saturated rings. The highest BCUT2D eigenvalue weighted by molar-refractivity contribution is 7.84. The van der Waals surface area contributed by atoms with Crippen LogP contribution in [0.4, 0.5) is 0 Å². The van der Waals surface area contributed by atoms with E-state index in [9.17, 15) is 18.9 Å². The number of aliphatic hydroxyl groups excluding tert-OH is 1. The molecule has 0 saturated heterocycles. The van der Waals surface area contributed by atoms with Gasteiger partial charge in [-0.05, 0) is 26.2 Å². The minimum atomic E-state index is -1.26. The summed E-state index contributed by atoms with van der Waals surface area (Å²) in [5, 5.41) is 15.5. The van der Waals surface area contributed by atoms with Crippen molar-refractivity contribution in [3.63, 3.8) is 0 Å². The molecule has 0 radical (unpaired) electrons. The fraction of sp³-hybridized carbons (Fsp3) is 0.696. The zero-order chi connectivity index (χ0) is 21.8. The second-order valence-corrected chi connectivity index (χ2v) is 10.0. The Kier molecular flexibility index (Phi) is 7.66. The van der Waals surface area contributed by atoms with Crippen LogP contribution in [0.3, 0.4) is 0 Å². The standard InChI is InChI=1S/C23H34N2O4S/c1-4-5-6-7-8-9-12-25-23(30(3)29)20(15(2)24-25)17-13-18(26)21(19(27)14-17)22(28)16-10-11-16/h16-17,28H,4-14H2,1-3H3. The first-order valence-corrected chi connectivity index (χ1v) is 12.8. The van der Waals surface area contributed by atoms with Gasteiger partial charge in [0.1, 0.15) is 10.8 Å². The highest BCUT2D eigenvalue weighted by atomic mass is 32.2. The minimum absolute atomic E-state index is 0.00467. The van der Waals surface area contributed by atoms with Crippen LogP contribution >= 0.6 is 0 Å². The van der Waals surface area contributed by atoms with Crippen LogP contribution in [-0.2, 0) is 26.9 Å². The molecule has 0 amide bonds. The topological polar surface area (TPSA) is 89.3 Å². The molecule has 3 rings (SSSR count). The molecule has 0 aliphatic heterocycles. The van der Waals surface area contributed by atoms with E-state index >= 15 is 0 Å². The number of rotatable bonds is 10. The number of carbonyl (C=O) groups excluding carboxylic acids is 2. The molecule has 1 heterocycles. The summed E-state index contributed by atoms with van der Waals surface area (Å²) in [6.07, 6.45) is 10.6. The van der Waals surface area contributed by atoms with Crippen molar-refractivity contribution < 1.29 is 18.9 Å². The van der Waals surface area contributed by atoms with Crippen LogP contribution in [0, 0.1) is 12.8 Å². The van der Waals surface area contributed by atoms with E-state index in [1.807, 2.05) is 11.6 Å². The SMILES string of the molecule is CCCCCCCCn1nc(C)c(C2CC(=O)C(=C(O)C3CC3)C(=O)C2)c1S(C)=O. The highest BCUT2D eigenvalue weighted by Gasteiger charge is 2.40. The Morgan fingerprint density at radius 2 is 1.70 bits per heavy atom. The average Bonchev–Trinajstić information content (AvgIpc) is 3.47. The lowest BCUT2D eigenvalue weighted by atomic mass is 9.79. The monoisotopic (exact) mass is 434 g/mol.